The van der Waals surface area contributed by atoms with E-state index >= 15 is 0 Å². The van der Waals surface area contributed by atoms with Gasteiger partial charge in [0.2, 0.25) is 0 Å². The molecule has 0 amide bonds. The summed E-state index contributed by atoms with van der Waals surface area (Å²) in [7, 11) is 1.64. The molecule has 0 aromatic heterocycles. The lowest BCUT2D eigenvalue weighted by molar-refractivity contribution is -0.139. The van der Waals surface area contributed by atoms with E-state index in [2.05, 4.69) is 0 Å². The monoisotopic (exact) mass is 372 g/mol. The third-order valence-electron chi connectivity index (χ3n) is 4.31. The quantitative estimate of drug-likeness (QED) is 0.679. The normalized spacial score (nSPS) is 16.8. The van der Waals surface area contributed by atoms with Gasteiger partial charge in [0.25, 0.3) is 0 Å². The standard InChI is InChI=1S/C21H21ClO4/c1-3-25-21(23)18-12-13-19(14-6-10-17(24-2)11-7-14)26-20(18)15-4-8-16(22)9-5-15/h4-11,19H,3,12-13H2,1-2H3. The van der Waals surface area contributed by atoms with Gasteiger partial charge in [-0.3, -0.25) is 0 Å². The molecule has 0 spiro atoms. The van der Waals surface area contributed by atoms with Crippen LogP contribution in [0.4, 0.5) is 0 Å². The Hall–Kier alpha value is -2.46. The van der Waals surface area contributed by atoms with Crippen LogP contribution < -0.4 is 4.74 Å². The van der Waals surface area contributed by atoms with Crippen LogP contribution in [-0.2, 0) is 14.3 Å². The van der Waals surface area contributed by atoms with E-state index in [4.69, 9.17) is 25.8 Å². The molecule has 0 saturated heterocycles. The predicted molar refractivity (Wildman–Crippen MR) is 101 cm³/mol. The average molecular weight is 373 g/mol. The number of carbonyl (C=O) groups is 1. The zero-order valence-electron chi connectivity index (χ0n) is 14.8. The molecule has 136 valence electrons. The minimum absolute atomic E-state index is 0.134. The van der Waals surface area contributed by atoms with E-state index in [0.717, 1.165) is 16.9 Å². The molecule has 0 aliphatic carbocycles. The van der Waals surface area contributed by atoms with Gasteiger partial charge in [-0.2, -0.15) is 0 Å². The van der Waals surface area contributed by atoms with Crippen LogP contribution >= 0.6 is 11.6 Å². The van der Waals surface area contributed by atoms with Gasteiger partial charge in [0.05, 0.1) is 19.3 Å². The van der Waals surface area contributed by atoms with Gasteiger partial charge in [0.1, 0.15) is 17.6 Å². The van der Waals surface area contributed by atoms with Gasteiger partial charge in [-0.25, -0.2) is 4.79 Å². The van der Waals surface area contributed by atoms with Gasteiger partial charge >= 0.3 is 5.97 Å². The molecule has 1 aliphatic rings. The first-order valence-corrected chi connectivity index (χ1v) is 8.97. The van der Waals surface area contributed by atoms with E-state index in [0.29, 0.717) is 35.8 Å². The van der Waals surface area contributed by atoms with Crippen molar-refractivity contribution in [2.75, 3.05) is 13.7 Å². The van der Waals surface area contributed by atoms with Gasteiger partial charge in [0.15, 0.2) is 0 Å². The van der Waals surface area contributed by atoms with Gasteiger partial charge in [-0.1, -0.05) is 23.7 Å². The van der Waals surface area contributed by atoms with Gasteiger partial charge < -0.3 is 14.2 Å². The van der Waals surface area contributed by atoms with E-state index in [-0.39, 0.29) is 12.1 Å². The summed E-state index contributed by atoms with van der Waals surface area (Å²) in [6, 6.07) is 15.1. The fourth-order valence-corrected chi connectivity index (χ4v) is 3.10. The summed E-state index contributed by atoms with van der Waals surface area (Å²) >= 11 is 5.99. The van der Waals surface area contributed by atoms with E-state index in [1.165, 1.54) is 0 Å². The lowest BCUT2D eigenvalue weighted by Gasteiger charge is -2.28. The predicted octanol–water partition coefficient (Wildman–Crippen LogP) is 5.17. The number of ether oxygens (including phenoxy) is 3. The van der Waals surface area contributed by atoms with Crippen molar-refractivity contribution in [2.45, 2.75) is 25.9 Å². The van der Waals surface area contributed by atoms with Crippen molar-refractivity contribution in [3.05, 3.63) is 70.3 Å². The average Bonchev–Trinajstić information content (AvgIpc) is 2.68. The summed E-state index contributed by atoms with van der Waals surface area (Å²) in [6.45, 7) is 2.13. The highest BCUT2D eigenvalue weighted by molar-refractivity contribution is 6.30. The molecular weight excluding hydrogens is 352 g/mol. The Labute approximate surface area is 158 Å². The number of rotatable bonds is 5. The van der Waals surface area contributed by atoms with Crippen molar-refractivity contribution in [3.8, 4) is 5.75 Å². The lowest BCUT2D eigenvalue weighted by Crippen LogP contribution is -2.18. The Kier molecular flexibility index (Phi) is 5.84. The summed E-state index contributed by atoms with van der Waals surface area (Å²) in [5, 5.41) is 0.634. The zero-order valence-corrected chi connectivity index (χ0v) is 15.6. The Bertz CT molecular complexity index is 794. The topological polar surface area (TPSA) is 44.8 Å². The first kappa shape index (κ1) is 18.3. The maximum absolute atomic E-state index is 12.4. The maximum Gasteiger partial charge on any atom is 0.337 e. The first-order chi connectivity index (χ1) is 12.6. The molecule has 2 aromatic rings. The van der Waals surface area contributed by atoms with Crippen LogP contribution in [0.2, 0.25) is 5.02 Å². The summed E-state index contributed by atoms with van der Waals surface area (Å²) in [5.74, 6) is 1.03. The van der Waals surface area contributed by atoms with E-state index in [9.17, 15) is 4.79 Å². The Morgan fingerprint density at radius 3 is 2.46 bits per heavy atom. The fraction of sp³-hybridized carbons (Fsp3) is 0.286. The molecule has 1 unspecified atom stereocenters. The Morgan fingerprint density at radius 1 is 1.15 bits per heavy atom. The molecule has 0 N–H and O–H groups in total. The molecular formula is C21H21ClO4. The smallest absolute Gasteiger partial charge is 0.337 e. The van der Waals surface area contributed by atoms with Crippen molar-refractivity contribution < 1.29 is 19.0 Å². The highest BCUT2D eigenvalue weighted by atomic mass is 35.5. The minimum atomic E-state index is -0.328. The number of esters is 1. The van der Waals surface area contributed by atoms with Crippen molar-refractivity contribution in [3.63, 3.8) is 0 Å². The second-order valence-corrected chi connectivity index (χ2v) is 6.39. The zero-order chi connectivity index (χ0) is 18.5. The van der Waals surface area contributed by atoms with Gasteiger partial charge in [-0.15, -0.1) is 0 Å². The Morgan fingerprint density at radius 2 is 1.85 bits per heavy atom. The molecule has 26 heavy (non-hydrogen) atoms. The molecule has 4 nitrogen and oxygen atoms in total. The fourth-order valence-electron chi connectivity index (χ4n) is 2.97. The van der Waals surface area contributed by atoms with Gasteiger partial charge in [0, 0.05) is 10.6 Å². The SMILES string of the molecule is CCOC(=O)C1=C(c2ccc(Cl)cc2)OC(c2ccc(OC)cc2)CC1. The summed E-state index contributed by atoms with van der Waals surface area (Å²) in [5.41, 5.74) is 2.43. The largest absolute Gasteiger partial charge is 0.497 e. The van der Waals surface area contributed by atoms with E-state index in [1.54, 1.807) is 26.2 Å². The number of hydrogen-bond acceptors (Lipinski definition) is 4. The third kappa shape index (κ3) is 4.02. The molecule has 0 radical (unpaired) electrons. The number of benzene rings is 2. The molecule has 3 rings (SSSR count). The molecule has 5 heteroatoms. The summed E-state index contributed by atoms with van der Waals surface area (Å²) in [6.07, 6.45) is 1.16. The molecule has 0 saturated carbocycles. The van der Waals surface area contributed by atoms with Crippen LogP contribution in [-0.4, -0.2) is 19.7 Å². The van der Waals surface area contributed by atoms with Crippen molar-refractivity contribution in [1.82, 2.24) is 0 Å². The van der Waals surface area contributed by atoms with Crippen molar-refractivity contribution in [2.24, 2.45) is 0 Å². The van der Waals surface area contributed by atoms with Crippen LogP contribution in [0.15, 0.2) is 54.1 Å². The Balaban J connectivity index is 1.93. The summed E-state index contributed by atoms with van der Waals surface area (Å²) < 4.78 is 16.7. The van der Waals surface area contributed by atoms with Crippen LogP contribution in [0.5, 0.6) is 5.75 Å². The number of carbonyl (C=O) groups excluding carboxylic acids is 1. The summed E-state index contributed by atoms with van der Waals surface area (Å²) in [4.78, 5) is 12.4. The second-order valence-electron chi connectivity index (χ2n) is 5.95. The highest BCUT2D eigenvalue weighted by Crippen LogP contribution is 2.39. The molecule has 1 heterocycles. The second kappa shape index (κ2) is 8.28. The third-order valence-corrected chi connectivity index (χ3v) is 4.56. The minimum Gasteiger partial charge on any atom is -0.497 e. The molecule has 1 aliphatic heterocycles. The van der Waals surface area contributed by atoms with Crippen molar-refractivity contribution >= 4 is 23.3 Å². The number of hydrogen-bond donors (Lipinski definition) is 0. The van der Waals surface area contributed by atoms with Crippen LogP contribution in [0.1, 0.15) is 37.0 Å². The molecule has 0 bridgehead atoms. The van der Waals surface area contributed by atoms with E-state index in [1.807, 2.05) is 36.4 Å². The highest BCUT2D eigenvalue weighted by Gasteiger charge is 2.29. The van der Waals surface area contributed by atoms with Crippen LogP contribution in [0.3, 0.4) is 0 Å². The van der Waals surface area contributed by atoms with Crippen LogP contribution in [0, 0.1) is 0 Å². The van der Waals surface area contributed by atoms with Gasteiger partial charge in [-0.05, 0) is 61.7 Å². The number of methoxy groups -OCH3 is 1. The number of halogens is 1. The first-order valence-electron chi connectivity index (χ1n) is 8.59. The lowest BCUT2D eigenvalue weighted by atomic mass is 9.95. The maximum atomic E-state index is 12.4. The molecule has 0 fully saturated rings. The molecule has 2 aromatic carbocycles. The van der Waals surface area contributed by atoms with Crippen molar-refractivity contribution in [1.29, 1.82) is 0 Å². The van der Waals surface area contributed by atoms with Crippen LogP contribution in [0.25, 0.3) is 5.76 Å². The van der Waals surface area contributed by atoms with E-state index < -0.39 is 0 Å². The molecule has 1 atom stereocenters.